The summed E-state index contributed by atoms with van der Waals surface area (Å²) in [4.78, 5) is 8.24. The normalized spacial score (nSPS) is 16.8. The average Bonchev–Trinajstić information content (AvgIpc) is 1.67. The second-order valence-corrected chi connectivity index (χ2v) is 2.20. The maximum atomic E-state index is 10.1. The molecule has 3 N–H and O–H groups in total. The SMILES string of the molecule is C=COP(=O)(O)ON. The quantitative estimate of drug-likeness (QED) is 0.330. The molecule has 0 spiro atoms. The fourth-order valence-corrected chi connectivity index (χ4v) is 0.357. The van der Waals surface area contributed by atoms with Crippen molar-refractivity contribution in [2.75, 3.05) is 0 Å². The first-order valence-corrected chi connectivity index (χ1v) is 3.12. The molecule has 0 radical (unpaired) electrons. The van der Waals surface area contributed by atoms with Crippen LogP contribution in [0.4, 0.5) is 0 Å². The van der Waals surface area contributed by atoms with Crippen LogP contribution in [0.1, 0.15) is 0 Å². The lowest BCUT2D eigenvalue weighted by Gasteiger charge is -2.02. The summed E-state index contributed by atoms with van der Waals surface area (Å²) in [6.45, 7) is 3.00. The van der Waals surface area contributed by atoms with Crippen LogP contribution in [0.3, 0.4) is 0 Å². The molecule has 0 aromatic carbocycles. The van der Waals surface area contributed by atoms with Gasteiger partial charge in [0, 0.05) is 0 Å². The molecular weight excluding hydrogens is 133 g/mol. The zero-order chi connectivity index (χ0) is 6.62. The molecule has 1 unspecified atom stereocenters. The van der Waals surface area contributed by atoms with E-state index in [-0.39, 0.29) is 0 Å². The van der Waals surface area contributed by atoms with Crippen molar-refractivity contribution in [2.24, 2.45) is 5.90 Å². The molecule has 0 amide bonds. The lowest BCUT2D eigenvalue weighted by molar-refractivity contribution is 0.191. The third-order valence-corrected chi connectivity index (χ3v) is 1.02. The van der Waals surface area contributed by atoms with E-state index in [2.05, 4.69) is 21.6 Å². The molecule has 0 aliphatic heterocycles. The summed E-state index contributed by atoms with van der Waals surface area (Å²) in [6, 6.07) is 0. The van der Waals surface area contributed by atoms with Gasteiger partial charge in [-0.15, -0.1) is 0 Å². The van der Waals surface area contributed by atoms with Crippen molar-refractivity contribution < 1.29 is 18.6 Å². The maximum absolute atomic E-state index is 10.1. The first kappa shape index (κ1) is 7.65. The molecule has 0 heterocycles. The Morgan fingerprint density at radius 2 is 2.38 bits per heavy atom. The third kappa shape index (κ3) is 2.76. The molecule has 0 fully saturated rings. The summed E-state index contributed by atoms with van der Waals surface area (Å²) in [7, 11) is -4.01. The van der Waals surface area contributed by atoms with Gasteiger partial charge < -0.3 is 4.52 Å². The monoisotopic (exact) mass is 139 g/mol. The van der Waals surface area contributed by atoms with Crippen molar-refractivity contribution >= 4 is 7.82 Å². The van der Waals surface area contributed by atoms with Crippen LogP contribution in [0.2, 0.25) is 0 Å². The van der Waals surface area contributed by atoms with Gasteiger partial charge in [0.1, 0.15) is 0 Å². The Labute approximate surface area is 46.3 Å². The molecule has 0 saturated heterocycles. The van der Waals surface area contributed by atoms with Gasteiger partial charge in [-0.2, -0.15) is 4.62 Å². The average molecular weight is 139 g/mol. The fourth-order valence-electron chi connectivity index (χ4n) is 0.119. The molecule has 8 heavy (non-hydrogen) atoms. The van der Waals surface area contributed by atoms with E-state index in [0.29, 0.717) is 0 Å². The van der Waals surface area contributed by atoms with Gasteiger partial charge in [-0.25, -0.2) is 10.5 Å². The Morgan fingerprint density at radius 3 is 2.50 bits per heavy atom. The van der Waals surface area contributed by atoms with Gasteiger partial charge in [-0.3, -0.25) is 4.89 Å². The van der Waals surface area contributed by atoms with E-state index in [0.717, 1.165) is 6.26 Å². The maximum Gasteiger partial charge on any atom is 0.543 e. The molecule has 0 aromatic rings. The zero-order valence-corrected chi connectivity index (χ0v) is 4.88. The third-order valence-electron chi connectivity index (χ3n) is 0.341. The second kappa shape index (κ2) is 2.84. The first-order valence-electron chi connectivity index (χ1n) is 1.63. The number of rotatable bonds is 3. The molecule has 0 aliphatic rings. The Balaban J connectivity index is 3.72. The van der Waals surface area contributed by atoms with Crippen LogP contribution in [-0.4, -0.2) is 4.89 Å². The minimum Gasteiger partial charge on any atom is -0.412 e. The topological polar surface area (TPSA) is 81.8 Å². The molecule has 0 rings (SSSR count). The molecule has 0 aromatic heterocycles. The van der Waals surface area contributed by atoms with Crippen LogP contribution in [-0.2, 0) is 13.7 Å². The molecule has 1 atom stereocenters. The van der Waals surface area contributed by atoms with Gasteiger partial charge in [0.25, 0.3) is 0 Å². The highest BCUT2D eigenvalue weighted by molar-refractivity contribution is 7.47. The predicted molar refractivity (Wildman–Crippen MR) is 26.4 cm³/mol. The van der Waals surface area contributed by atoms with E-state index in [4.69, 9.17) is 4.89 Å². The summed E-state index contributed by atoms with van der Waals surface area (Å²) < 4.78 is 17.5. The van der Waals surface area contributed by atoms with Crippen LogP contribution in [0, 0.1) is 0 Å². The van der Waals surface area contributed by atoms with Gasteiger partial charge >= 0.3 is 7.82 Å². The van der Waals surface area contributed by atoms with E-state index in [1.54, 1.807) is 0 Å². The Morgan fingerprint density at radius 1 is 1.88 bits per heavy atom. The number of hydrogen-bond acceptors (Lipinski definition) is 4. The van der Waals surface area contributed by atoms with Crippen molar-refractivity contribution in [1.82, 2.24) is 0 Å². The largest absolute Gasteiger partial charge is 0.543 e. The van der Waals surface area contributed by atoms with E-state index in [9.17, 15) is 4.57 Å². The summed E-state index contributed by atoms with van der Waals surface area (Å²) in [5.41, 5.74) is 0. The number of nitrogens with two attached hydrogens (primary N) is 1. The van der Waals surface area contributed by atoms with E-state index < -0.39 is 7.82 Å². The molecule has 5 nitrogen and oxygen atoms in total. The van der Waals surface area contributed by atoms with Gasteiger partial charge in [0.05, 0.1) is 6.26 Å². The molecule has 0 aliphatic carbocycles. The van der Waals surface area contributed by atoms with E-state index in [1.165, 1.54) is 0 Å². The van der Waals surface area contributed by atoms with Crippen molar-refractivity contribution in [1.29, 1.82) is 0 Å². The van der Waals surface area contributed by atoms with E-state index in [1.807, 2.05) is 0 Å². The van der Waals surface area contributed by atoms with Crippen molar-refractivity contribution in [3.8, 4) is 0 Å². The lowest BCUT2D eigenvalue weighted by Crippen LogP contribution is -1.96. The van der Waals surface area contributed by atoms with Crippen LogP contribution in [0.5, 0.6) is 0 Å². The molecule has 48 valence electrons. The van der Waals surface area contributed by atoms with Gasteiger partial charge in [0.2, 0.25) is 0 Å². The first-order chi connectivity index (χ1) is 3.62. The molecule has 0 saturated carbocycles. The van der Waals surface area contributed by atoms with Crippen LogP contribution >= 0.6 is 7.82 Å². The Kier molecular flexibility index (Phi) is 2.71. The van der Waals surface area contributed by atoms with Crippen LogP contribution in [0.15, 0.2) is 12.8 Å². The highest BCUT2D eigenvalue weighted by Crippen LogP contribution is 2.40. The van der Waals surface area contributed by atoms with Crippen LogP contribution < -0.4 is 5.90 Å². The van der Waals surface area contributed by atoms with Crippen molar-refractivity contribution in [2.45, 2.75) is 0 Å². The molecule has 6 heteroatoms. The lowest BCUT2D eigenvalue weighted by atomic mass is 11.2. The summed E-state index contributed by atoms with van der Waals surface area (Å²) in [5, 5.41) is 0. The Hall–Kier alpha value is -0.350. The second-order valence-electron chi connectivity index (χ2n) is 0.846. The fraction of sp³-hybridized carbons (Fsp3) is 0. The highest BCUT2D eigenvalue weighted by Gasteiger charge is 2.17. The Bertz CT molecular complexity index is 123. The minimum atomic E-state index is -4.01. The standard InChI is InChI=1S/C2H6NO4P/c1-2-6-8(4,5)7-3/h2H,1,3H2,(H,4,5). The van der Waals surface area contributed by atoms with Gasteiger partial charge in [0.15, 0.2) is 0 Å². The van der Waals surface area contributed by atoms with E-state index >= 15 is 0 Å². The number of phosphoric acid groups is 1. The van der Waals surface area contributed by atoms with Crippen molar-refractivity contribution in [3.63, 3.8) is 0 Å². The van der Waals surface area contributed by atoms with Gasteiger partial charge in [-0.05, 0) is 0 Å². The zero-order valence-electron chi connectivity index (χ0n) is 3.98. The summed E-state index contributed by atoms with van der Waals surface area (Å²) in [5.74, 6) is 4.31. The van der Waals surface area contributed by atoms with Crippen LogP contribution in [0.25, 0.3) is 0 Å². The smallest absolute Gasteiger partial charge is 0.412 e. The summed E-state index contributed by atoms with van der Waals surface area (Å²) in [6.07, 6.45) is 0.771. The minimum absolute atomic E-state index is 0.771. The predicted octanol–water partition coefficient (Wildman–Crippen LogP) is 0.137. The summed E-state index contributed by atoms with van der Waals surface area (Å²) >= 11 is 0. The number of phosphoric ester groups is 1. The number of hydrogen-bond donors (Lipinski definition) is 2. The molecular formula is C2H6NO4P. The van der Waals surface area contributed by atoms with Gasteiger partial charge in [-0.1, -0.05) is 6.58 Å². The highest BCUT2D eigenvalue weighted by atomic mass is 31.2. The van der Waals surface area contributed by atoms with Crippen molar-refractivity contribution in [3.05, 3.63) is 12.8 Å². The molecule has 0 bridgehead atoms.